The monoisotopic (exact) mass is 233 g/mol. The van der Waals surface area contributed by atoms with Gasteiger partial charge in [0.2, 0.25) is 5.91 Å². The first-order valence-corrected chi connectivity index (χ1v) is 5.36. The van der Waals surface area contributed by atoms with Crippen LogP contribution in [0, 0.1) is 13.8 Å². The Bertz CT molecular complexity index is 526. The number of amides is 1. The minimum atomic E-state index is -0.0755. The molecule has 2 N–H and O–H groups in total. The molecule has 6 nitrogen and oxygen atoms in total. The predicted molar refractivity (Wildman–Crippen MR) is 63.6 cm³/mol. The van der Waals surface area contributed by atoms with Crippen molar-refractivity contribution in [3.63, 3.8) is 0 Å². The molecule has 0 aromatic carbocycles. The number of nitrogens with one attached hydrogen (secondary N) is 2. The number of carbonyl (C=O) groups excluding carboxylic acids is 1. The summed E-state index contributed by atoms with van der Waals surface area (Å²) in [5.41, 5.74) is 2.89. The van der Waals surface area contributed by atoms with E-state index in [0.717, 1.165) is 17.0 Å². The zero-order valence-corrected chi connectivity index (χ0v) is 10.1. The molecule has 6 heteroatoms. The van der Waals surface area contributed by atoms with E-state index in [1.165, 1.54) is 0 Å². The number of aryl methyl sites for hydroxylation is 2. The molecule has 2 aromatic rings. The van der Waals surface area contributed by atoms with Crippen LogP contribution in [0.4, 0.5) is 5.82 Å². The first-order valence-electron chi connectivity index (χ1n) is 5.36. The SMILES string of the molecule is Cc1nn(C)c(C)c1CC(=O)Nc1ccn[nH]1. The van der Waals surface area contributed by atoms with Crippen LogP contribution in [0.3, 0.4) is 0 Å². The lowest BCUT2D eigenvalue weighted by molar-refractivity contribution is -0.115. The summed E-state index contributed by atoms with van der Waals surface area (Å²) in [7, 11) is 1.87. The van der Waals surface area contributed by atoms with Crippen LogP contribution in [0.5, 0.6) is 0 Å². The van der Waals surface area contributed by atoms with Crippen molar-refractivity contribution in [1.82, 2.24) is 20.0 Å². The van der Waals surface area contributed by atoms with Gasteiger partial charge in [-0.2, -0.15) is 10.2 Å². The summed E-state index contributed by atoms with van der Waals surface area (Å²) in [4.78, 5) is 11.8. The fourth-order valence-corrected chi connectivity index (χ4v) is 1.75. The second-order valence-corrected chi connectivity index (χ2v) is 3.97. The maximum atomic E-state index is 11.8. The average molecular weight is 233 g/mol. The number of aromatic nitrogens is 4. The number of H-pyrrole nitrogens is 1. The summed E-state index contributed by atoms with van der Waals surface area (Å²) < 4.78 is 1.79. The molecule has 17 heavy (non-hydrogen) atoms. The first-order chi connectivity index (χ1) is 8.08. The number of hydrogen-bond donors (Lipinski definition) is 2. The van der Waals surface area contributed by atoms with Crippen molar-refractivity contribution in [3.8, 4) is 0 Å². The quantitative estimate of drug-likeness (QED) is 0.828. The molecule has 0 saturated carbocycles. The topological polar surface area (TPSA) is 75.6 Å². The molecule has 0 radical (unpaired) electrons. The molecule has 90 valence electrons. The Kier molecular flexibility index (Phi) is 2.95. The van der Waals surface area contributed by atoms with Crippen LogP contribution >= 0.6 is 0 Å². The smallest absolute Gasteiger partial charge is 0.230 e. The van der Waals surface area contributed by atoms with Gasteiger partial charge in [0.1, 0.15) is 5.82 Å². The summed E-state index contributed by atoms with van der Waals surface area (Å²) in [6.45, 7) is 3.87. The van der Waals surface area contributed by atoms with Gasteiger partial charge in [-0.1, -0.05) is 0 Å². The largest absolute Gasteiger partial charge is 0.311 e. The van der Waals surface area contributed by atoms with Gasteiger partial charge in [-0.05, 0) is 13.8 Å². The van der Waals surface area contributed by atoms with Crippen molar-refractivity contribution in [3.05, 3.63) is 29.2 Å². The van der Waals surface area contributed by atoms with Gasteiger partial charge in [0.25, 0.3) is 0 Å². The summed E-state index contributed by atoms with van der Waals surface area (Å²) in [6, 6.07) is 1.71. The first kappa shape index (κ1) is 11.4. The van der Waals surface area contributed by atoms with E-state index in [4.69, 9.17) is 0 Å². The molecule has 0 atom stereocenters. The van der Waals surface area contributed by atoms with E-state index >= 15 is 0 Å². The van der Waals surface area contributed by atoms with E-state index < -0.39 is 0 Å². The van der Waals surface area contributed by atoms with Gasteiger partial charge in [0.15, 0.2) is 0 Å². The number of nitrogens with zero attached hydrogens (tertiary/aromatic N) is 3. The molecule has 2 heterocycles. The number of aromatic amines is 1. The Morgan fingerprint density at radius 3 is 2.82 bits per heavy atom. The van der Waals surface area contributed by atoms with Gasteiger partial charge in [0, 0.05) is 24.4 Å². The fourth-order valence-electron chi connectivity index (χ4n) is 1.75. The van der Waals surface area contributed by atoms with Crippen LogP contribution in [0.1, 0.15) is 17.0 Å². The molecule has 0 bridgehead atoms. The molecule has 0 aliphatic heterocycles. The normalized spacial score (nSPS) is 10.5. The minimum absolute atomic E-state index is 0.0755. The van der Waals surface area contributed by atoms with E-state index in [2.05, 4.69) is 20.6 Å². The molecule has 0 aliphatic rings. The van der Waals surface area contributed by atoms with Crippen molar-refractivity contribution in [2.45, 2.75) is 20.3 Å². The van der Waals surface area contributed by atoms with E-state index in [9.17, 15) is 4.79 Å². The molecular weight excluding hydrogens is 218 g/mol. The third kappa shape index (κ3) is 2.35. The zero-order chi connectivity index (χ0) is 12.4. The molecular formula is C11H15N5O. The van der Waals surface area contributed by atoms with Crippen molar-refractivity contribution >= 4 is 11.7 Å². The lowest BCUT2D eigenvalue weighted by Gasteiger charge is -2.03. The van der Waals surface area contributed by atoms with Crippen LogP contribution in [0.25, 0.3) is 0 Å². The van der Waals surface area contributed by atoms with Crippen molar-refractivity contribution in [2.75, 3.05) is 5.32 Å². The average Bonchev–Trinajstić information content (AvgIpc) is 2.83. The predicted octanol–water partition coefficient (Wildman–Crippen LogP) is 0.941. The molecule has 2 aromatic heterocycles. The highest BCUT2D eigenvalue weighted by Gasteiger charge is 2.13. The van der Waals surface area contributed by atoms with Gasteiger partial charge in [-0.15, -0.1) is 0 Å². The molecule has 1 amide bonds. The maximum absolute atomic E-state index is 11.8. The Morgan fingerprint density at radius 2 is 2.29 bits per heavy atom. The van der Waals surface area contributed by atoms with Crippen LogP contribution < -0.4 is 5.32 Å². The summed E-state index contributed by atoms with van der Waals surface area (Å²) in [6.07, 6.45) is 1.92. The van der Waals surface area contributed by atoms with Gasteiger partial charge >= 0.3 is 0 Å². The highest BCUT2D eigenvalue weighted by Crippen LogP contribution is 2.13. The van der Waals surface area contributed by atoms with E-state index in [1.54, 1.807) is 16.9 Å². The van der Waals surface area contributed by atoms with Gasteiger partial charge in [-0.3, -0.25) is 14.6 Å². The van der Waals surface area contributed by atoms with Crippen molar-refractivity contribution in [1.29, 1.82) is 0 Å². The molecule has 0 aliphatic carbocycles. The molecule has 0 saturated heterocycles. The number of anilines is 1. The third-order valence-electron chi connectivity index (χ3n) is 2.77. The van der Waals surface area contributed by atoms with Crippen molar-refractivity contribution in [2.24, 2.45) is 7.05 Å². The Hall–Kier alpha value is -2.11. The Morgan fingerprint density at radius 1 is 1.53 bits per heavy atom. The fraction of sp³-hybridized carbons (Fsp3) is 0.364. The van der Waals surface area contributed by atoms with Crippen LogP contribution in [0.2, 0.25) is 0 Å². The highest BCUT2D eigenvalue weighted by atomic mass is 16.1. The number of rotatable bonds is 3. The van der Waals surface area contributed by atoms with E-state index in [-0.39, 0.29) is 5.91 Å². The molecule has 0 unspecified atom stereocenters. The van der Waals surface area contributed by atoms with Gasteiger partial charge in [-0.25, -0.2) is 0 Å². The molecule has 0 spiro atoms. The minimum Gasteiger partial charge on any atom is -0.311 e. The van der Waals surface area contributed by atoms with Crippen LogP contribution in [-0.2, 0) is 18.3 Å². The zero-order valence-electron chi connectivity index (χ0n) is 10.1. The van der Waals surface area contributed by atoms with E-state index in [0.29, 0.717) is 12.2 Å². The second kappa shape index (κ2) is 4.40. The number of carbonyl (C=O) groups is 1. The lowest BCUT2D eigenvalue weighted by Crippen LogP contribution is -2.15. The maximum Gasteiger partial charge on any atom is 0.230 e. The van der Waals surface area contributed by atoms with Gasteiger partial charge in [0.05, 0.1) is 18.3 Å². The van der Waals surface area contributed by atoms with E-state index in [1.807, 2.05) is 20.9 Å². The Labute approximate surface area is 99.0 Å². The lowest BCUT2D eigenvalue weighted by atomic mass is 10.1. The van der Waals surface area contributed by atoms with Crippen LogP contribution in [-0.4, -0.2) is 25.9 Å². The molecule has 2 rings (SSSR count). The third-order valence-corrected chi connectivity index (χ3v) is 2.77. The summed E-state index contributed by atoms with van der Waals surface area (Å²) in [5.74, 6) is 0.530. The summed E-state index contributed by atoms with van der Waals surface area (Å²) >= 11 is 0. The van der Waals surface area contributed by atoms with Crippen LogP contribution in [0.15, 0.2) is 12.3 Å². The molecule has 0 fully saturated rings. The number of hydrogen-bond acceptors (Lipinski definition) is 3. The summed E-state index contributed by atoms with van der Waals surface area (Å²) in [5, 5.41) is 13.5. The highest BCUT2D eigenvalue weighted by molar-refractivity contribution is 5.91. The Balaban J connectivity index is 2.08. The van der Waals surface area contributed by atoms with Gasteiger partial charge < -0.3 is 5.32 Å². The van der Waals surface area contributed by atoms with Crippen molar-refractivity contribution < 1.29 is 4.79 Å². The standard InChI is InChI=1S/C11H15N5O/c1-7-9(8(2)16(3)15-7)6-11(17)13-10-4-5-12-14-10/h4-5H,6H2,1-3H3,(H2,12,13,14,17). The second-order valence-electron chi connectivity index (χ2n) is 3.97.